The highest BCUT2D eigenvalue weighted by molar-refractivity contribution is 6.18. The van der Waals surface area contributed by atoms with E-state index < -0.39 is 0 Å². The van der Waals surface area contributed by atoms with Crippen LogP contribution in [0.4, 0.5) is 0 Å². The van der Waals surface area contributed by atoms with Crippen molar-refractivity contribution in [1.82, 2.24) is 4.90 Å². The van der Waals surface area contributed by atoms with Gasteiger partial charge in [-0.2, -0.15) is 0 Å². The first-order valence-corrected chi connectivity index (χ1v) is 6.16. The minimum atomic E-state index is 0.241. The first kappa shape index (κ1) is 12.8. The highest BCUT2D eigenvalue weighted by atomic mass is 35.5. The maximum atomic E-state index is 12.1. The fraction of sp³-hybridized carbons (Fsp3) is 0.909. The lowest BCUT2D eigenvalue weighted by molar-refractivity contribution is -0.135. The van der Waals surface area contributed by atoms with Crippen molar-refractivity contribution < 1.29 is 9.53 Å². The van der Waals surface area contributed by atoms with Crippen LogP contribution in [0.15, 0.2) is 0 Å². The lowest BCUT2D eigenvalue weighted by atomic mass is 10.1. The van der Waals surface area contributed by atoms with Crippen molar-refractivity contribution in [3.8, 4) is 0 Å². The number of methoxy groups -OCH3 is 1. The molecule has 0 spiro atoms. The molecule has 3 nitrogen and oxygen atoms in total. The Morgan fingerprint density at radius 1 is 1.40 bits per heavy atom. The second-order valence-corrected chi connectivity index (χ2v) is 4.37. The molecule has 0 N–H and O–H groups in total. The third kappa shape index (κ3) is 3.99. The van der Waals surface area contributed by atoms with Crippen molar-refractivity contribution >= 4 is 17.5 Å². The third-order valence-corrected chi connectivity index (χ3v) is 3.10. The van der Waals surface area contributed by atoms with Gasteiger partial charge in [0.1, 0.15) is 0 Å². The average Bonchev–Trinajstić information content (AvgIpc) is 2.76. The Kier molecular flexibility index (Phi) is 6.03. The van der Waals surface area contributed by atoms with Crippen LogP contribution >= 0.6 is 11.6 Å². The molecule has 0 aromatic heterocycles. The number of ether oxygens (including phenoxy) is 1. The summed E-state index contributed by atoms with van der Waals surface area (Å²) in [5.74, 6) is 1.01. The molecule has 0 aromatic rings. The van der Waals surface area contributed by atoms with Gasteiger partial charge in [0, 0.05) is 32.0 Å². The monoisotopic (exact) mass is 233 g/mol. The standard InChI is InChI=1S/C11H20ClNO2/c1-15-9-8-13(7-6-12)11(14)10-4-2-3-5-10/h10H,2-9H2,1H3. The molecule has 1 aliphatic rings. The van der Waals surface area contributed by atoms with Gasteiger partial charge in [0.15, 0.2) is 0 Å². The molecular formula is C11H20ClNO2. The van der Waals surface area contributed by atoms with Crippen LogP contribution in [0.2, 0.25) is 0 Å². The number of rotatable bonds is 6. The quantitative estimate of drug-likeness (QED) is 0.656. The second kappa shape index (κ2) is 7.07. The largest absolute Gasteiger partial charge is 0.383 e. The average molecular weight is 234 g/mol. The normalized spacial score (nSPS) is 16.9. The van der Waals surface area contributed by atoms with Crippen molar-refractivity contribution in [3.63, 3.8) is 0 Å². The van der Waals surface area contributed by atoms with E-state index in [1.54, 1.807) is 7.11 Å². The Balaban J connectivity index is 2.41. The molecule has 0 aromatic carbocycles. The first-order valence-electron chi connectivity index (χ1n) is 5.63. The fourth-order valence-corrected chi connectivity index (χ4v) is 2.27. The molecule has 15 heavy (non-hydrogen) atoms. The van der Waals surface area contributed by atoms with E-state index in [1.165, 1.54) is 12.8 Å². The van der Waals surface area contributed by atoms with Gasteiger partial charge in [-0.3, -0.25) is 4.79 Å². The molecular weight excluding hydrogens is 214 g/mol. The zero-order valence-corrected chi connectivity index (χ0v) is 10.1. The van der Waals surface area contributed by atoms with Crippen molar-refractivity contribution in [1.29, 1.82) is 0 Å². The third-order valence-electron chi connectivity index (χ3n) is 2.94. The molecule has 0 aliphatic heterocycles. The van der Waals surface area contributed by atoms with Crippen LogP contribution in [-0.4, -0.2) is 43.5 Å². The van der Waals surface area contributed by atoms with Crippen molar-refractivity contribution in [2.45, 2.75) is 25.7 Å². The summed E-state index contributed by atoms with van der Waals surface area (Å²) in [6.45, 7) is 1.90. The molecule has 1 fully saturated rings. The number of alkyl halides is 1. The molecule has 4 heteroatoms. The molecule has 1 aliphatic carbocycles. The molecule has 1 saturated carbocycles. The van der Waals surface area contributed by atoms with Crippen LogP contribution in [0.1, 0.15) is 25.7 Å². The van der Waals surface area contributed by atoms with Gasteiger partial charge in [0.25, 0.3) is 0 Å². The number of hydrogen-bond donors (Lipinski definition) is 0. The summed E-state index contributed by atoms with van der Waals surface area (Å²) in [5.41, 5.74) is 0. The van der Waals surface area contributed by atoms with Crippen LogP contribution in [-0.2, 0) is 9.53 Å². The number of nitrogens with zero attached hydrogens (tertiary/aromatic N) is 1. The summed E-state index contributed by atoms with van der Waals surface area (Å²) < 4.78 is 4.99. The highest BCUT2D eigenvalue weighted by Gasteiger charge is 2.26. The van der Waals surface area contributed by atoms with E-state index in [4.69, 9.17) is 16.3 Å². The SMILES string of the molecule is COCCN(CCCl)C(=O)C1CCCC1. The first-order chi connectivity index (χ1) is 7.29. The molecule has 1 amide bonds. The maximum absolute atomic E-state index is 12.1. The topological polar surface area (TPSA) is 29.5 Å². The molecule has 0 atom stereocenters. The van der Waals surface area contributed by atoms with Gasteiger partial charge >= 0.3 is 0 Å². The van der Waals surface area contributed by atoms with Gasteiger partial charge in [-0.05, 0) is 12.8 Å². The van der Waals surface area contributed by atoms with Crippen molar-refractivity contribution in [2.24, 2.45) is 5.92 Å². The van der Waals surface area contributed by atoms with Crippen LogP contribution < -0.4 is 0 Å². The van der Waals surface area contributed by atoms with Gasteiger partial charge < -0.3 is 9.64 Å². The Hall–Kier alpha value is -0.280. The summed E-state index contributed by atoms with van der Waals surface area (Å²) >= 11 is 5.69. The van der Waals surface area contributed by atoms with Crippen molar-refractivity contribution in [2.75, 3.05) is 32.7 Å². The number of hydrogen-bond acceptors (Lipinski definition) is 2. The zero-order valence-electron chi connectivity index (χ0n) is 9.38. The number of carbonyl (C=O) groups excluding carboxylic acids is 1. The van der Waals surface area contributed by atoms with E-state index >= 15 is 0 Å². The second-order valence-electron chi connectivity index (χ2n) is 3.99. The van der Waals surface area contributed by atoms with E-state index in [2.05, 4.69) is 0 Å². The smallest absolute Gasteiger partial charge is 0.225 e. The Bertz CT molecular complexity index is 193. The summed E-state index contributed by atoms with van der Waals surface area (Å²) in [6.07, 6.45) is 4.47. The van der Waals surface area contributed by atoms with E-state index in [0.717, 1.165) is 12.8 Å². The van der Waals surface area contributed by atoms with E-state index in [0.29, 0.717) is 25.6 Å². The summed E-state index contributed by atoms with van der Waals surface area (Å²) in [5, 5.41) is 0. The molecule has 0 heterocycles. The predicted molar refractivity (Wildman–Crippen MR) is 61.1 cm³/mol. The Labute approximate surface area is 96.7 Å². The van der Waals surface area contributed by atoms with Gasteiger partial charge in [-0.1, -0.05) is 12.8 Å². The van der Waals surface area contributed by atoms with Crippen molar-refractivity contribution in [3.05, 3.63) is 0 Å². The van der Waals surface area contributed by atoms with Crippen LogP contribution in [0.3, 0.4) is 0 Å². The van der Waals surface area contributed by atoms with Crippen LogP contribution in [0.5, 0.6) is 0 Å². The van der Waals surface area contributed by atoms with E-state index in [-0.39, 0.29) is 11.8 Å². The number of halogens is 1. The summed E-state index contributed by atoms with van der Waals surface area (Å²) in [7, 11) is 1.65. The minimum absolute atomic E-state index is 0.241. The molecule has 0 unspecified atom stereocenters. The Morgan fingerprint density at radius 2 is 2.07 bits per heavy atom. The van der Waals surface area contributed by atoms with Gasteiger partial charge in [0.2, 0.25) is 5.91 Å². The predicted octanol–water partition coefficient (Wildman–Crippen LogP) is 1.89. The van der Waals surface area contributed by atoms with Gasteiger partial charge in [0.05, 0.1) is 6.61 Å². The number of carbonyl (C=O) groups is 1. The summed E-state index contributed by atoms with van der Waals surface area (Å²) in [4.78, 5) is 13.9. The molecule has 0 radical (unpaired) electrons. The molecule has 0 bridgehead atoms. The molecule has 1 rings (SSSR count). The summed E-state index contributed by atoms with van der Waals surface area (Å²) in [6, 6.07) is 0. The maximum Gasteiger partial charge on any atom is 0.225 e. The molecule has 0 saturated heterocycles. The number of amides is 1. The lowest BCUT2D eigenvalue weighted by Crippen LogP contribution is -2.38. The Morgan fingerprint density at radius 3 is 2.60 bits per heavy atom. The van der Waals surface area contributed by atoms with Gasteiger partial charge in [-0.15, -0.1) is 11.6 Å². The zero-order chi connectivity index (χ0) is 11.1. The van der Waals surface area contributed by atoms with E-state index in [1.807, 2.05) is 4.90 Å². The van der Waals surface area contributed by atoms with Crippen LogP contribution in [0, 0.1) is 5.92 Å². The molecule has 88 valence electrons. The minimum Gasteiger partial charge on any atom is -0.383 e. The van der Waals surface area contributed by atoms with Gasteiger partial charge in [-0.25, -0.2) is 0 Å². The van der Waals surface area contributed by atoms with Crippen LogP contribution in [0.25, 0.3) is 0 Å². The highest BCUT2D eigenvalue weighted by Crippen LogP contribution is 2.26. The fourth-order valence-electron chi connectivity index (χ4n) is 2.07. The lowest BCUT2D eigenvalue weighted by Gasteiger charge is -2.24. The van der Waals surface area contributed by atoms with E-state index in [9.17, 15) is 4.79 Å².